The molecule has 1 aromatic carbocycles. The number of nitrogens with zero attached hydrogens (tertiary/aromatic N) is 3. The van der Waals surface area contributed by atoms with Gasteiger partial charge in [0.2, 0.25) is 0 Å². The van der Waals surface area contributed by atoms with E-state index in [1.165, 1.54) is 0 Å². The first-order chi connectivity index (χ1) is 7.24. The van der Waals surface area contributed by atoms with Crippen molar-refractivity contribution in [3.63, 3.8) is 0 Å². The summed E-state index contributed by atoms with van der Waals surface area (Å²) in [6.45, 7) is 0. The maximum absolute atomic E-state index is 4.99. The van der Waals surface area contributed by atoms with Crippen LogP contribution in [0.3, 0.4) is 0 Å². The largest absolute Gasteiger partial charge is 0.332 e. The molecule has 3 nitrogen and oxygen atoms in total. The molecular formula is C11H13N3S. The Bertz CT molecular complexity index is 388. The lowest BCUT2D eigenvalue weighted by atomic mass is 10.2. The number of benzene rings is 1. The van der Waals surface area contributed by atoms with Crippen LogP contribution >= 0.6 is 12.2 Å². The Morgan fingerprint density at radius 2 is 1.93 bits per heavy atom. The summed E-state index contributed by atoms with van der Waals surface area (Å²) in [5, 5.41) is 8.06. The van der Waals surface area contributed by atoms with Gasteiger partial charge in [-0.2, -0.15) is 5.10 Å². The van der Waals surface area contributed by atoms with Crippen LogP contribution in [0.5, 0.6) is 0 Å². The minimum atomic E-state index is 0.0789. The maximum atomic E-state index is 4.99. The van der Waals surface area contributed by atoms with E-state index in [4.69, 9.17) is 12.2 Å². The van der Waals surface area contributed by atoms with E-state index in [2.05, 4.69) is 22.1 Å². The van der Waals surface area contributed by atoms with Gasteiger partial charge in [-0.3, -0.25) is 5.01 Å². The normalized spacial score (nSPS) is 20.4. The molecule has 0 N–H and O–H groups in total. The number of hydrazone groups is 1. The average Bonchev–Trinajstić information content (AvgIpc) is 2.55. The summed E-state index contributed by atoms with van der Waals surface area (Å²) in [5.41, 5.74) is 1.12. The van der Waals surface area contributed by atoms with E-state index in [0.29, 0.717) is 0 Å². The summed E-state index contributed by atoms with van der Waals surface area (Å²) in [6.07, 6.45) is 0.0789. The van der Waals surface area contributed by atoms with Crippen LogP contribution in [0, 0.1) is 0 Å². The van der Waals surface area contributed by atoms with E-state index in [1.54, 1.807) is 5.37 Å². The van der Waals surface area contributed by atoms with E-state index >= 15 is 0 Å². The second kappa shape index (κ2) is 3.98. The van der Waals surface area contributed by atoms with Crippen LogP contribution in [0.1, 0.15) is 5.56 Å². The highest BCUT2D eigenvalue weighted by Gasteiger charge is 2.27. The topological polar surface area (TPSA) is 18.8 Å². The van der Waals surface area contributed by atoms with Crippen molar-refractivity contribution in [1.29, 1.82) is 0 Å². The van der Waals surface area contributed by atoms with E-state index in [-0.39, 0.29) is 6.17 Å². The molecule has 0 aromatic heterocycles. The Morgan fingerprint density at radius 3 is 2.47 bits per heavy atom. The van der Waals surface area contributed by atoms with Crippen molar-refractivity contribution in [2.24, 2.45) is 5.10 Å². The van der Waals surface area contributed by atoms with Crippen molar-refractivity contribution in [1.82, 2.24) is 9.91 Å². The zero-order chi connectivity index (χ0) is 10.8. The van der Waals surface area contributed by atoms with Crippen LogP contribution in [-0.4, -0.2) is 41.4 Å². The van der Waals surface area contributed by atoms with Crippen LogP contribution in [0.15, 0.2) is 35.4 Å². The molecule has 4 heteroatoms. The molecule has 1 aliphatic rings. The lowest BCUT2D eigenvalue weighted by Crippen LogP contribution is -2.38. The van der Waals surface area contributed by atoms with Crippen molar-refractivity contribution >= 4 is 23.4 Å². The Hall–Kier alpha value is -1.42. The van der Waals surface area contributed by atoms with E-state index in [9.17, 15) is 0 Å². The molecule has 0 aliphatic carbocycles. The standard InChI is InChI=1S/C11H13N3S/c1-13-10(8-15)14(2)12-11(13)9-6-4-3-5-7-9/h3-8,10H,1-2H3. The zero-order valence-corrected chi connectivity index (χ0v) is 9.61. The summed E-state index contributed by atoms with van der Waals surface area (Å²) in [7, 11) is 3.93. The molecule has 0 fully saturated rings. The fourth-order valence-corrected chi connectivity index (χ4v) is 2.04. The molecule has 15 heavy (non-hydrogen) atoms. The van der Waals surface area contributed by atoms with Gasteiger partial charge in [0.05, 0.1) is 0 Å². The summed E-state index contributed by atoms with van der Waals surface area (Å²) in [4.78, 5) is 2.07. The number of hydrogen-bond donors (Lipinski definition) is 0. The van der Waals surface area contributed by atoms with Gasteiger partial charge in [-0.05, 0) is 0 Å². The molecule has 0 saturated carbocycles. The third-order valence-electron chi connectivity index (χ3n) is 2.52. The highest BCUT2D eigenvalue weighted by molar-refractivity contribution is 7.79. The summed E-state index contributed by atoms with van der Waals surface area (Å²) in [5.74, 6) is 0.962. The quantitative estimate of drug-likeness (QED) is 0.703. The summed E-state index contributed by atoms with van der Waals surface area (Å²) >= 11 is 4.99. The van der Waals surface area contributed by atoms with Crippen LogP contribution in [0.2, 0.25) is 0 Å². The van der Waals surface area contributed by atoms with Gasteiger partial charge in [-0.1, -0.05) is 42.5 Å². The van der Waals surface area contributed by atoms with Gasteiger partial charge in [-0.15, -0.1) is 0 Å². The monoisotopic (exact) mass is 219 g/mol. The molecule has 0 radical (unpaired) electrons. The van der Waals surface area contributed by atoms with E-state index in [1.807, 2.05) is 37.3 Å². The number of hydrogen-bond acceptors (Lipinski definition) is 4. The lowest BCUT2D eigenvalue weighted by Gasteiger charge is -2.22. The first-order valence-corrected chi connectivity index (χ1v) is 5.26. The molecule has 0 amide bonds. The minimum Gasteiger partial charge on any atom is -0.332 e. The third-order valence-corrected chi connectivity index (χ3v) is 2.76. The molecule has 1 aromatic rings. The fourth-order valence-electron chi connectivity index (χ4n) is 1.68. The van der Waals surface area contributed by atoms with Crippen molar-refractivity contribution in [2.45, 2.75) is 6.17 Å². The average molecular weight is 219 g/mol. The summed E-state index contributed by atoms with van der Waals surface area (Å²) < 4.78 is 0. The molecule has 78 valence electrons. The molecule has 0 bridgehead atoms. The fraction of sp³-hybridized carbons (Fsp3) is 0.273. The molecule has 1 unspecified atom stereocenters. The number of rotatable bonds is 2. The first-order valence-electron chi connectivity index (χ1n) is 4.79. The molecule has 2 rings (SSSR count). The van der Waals surface area contributed by atoms with Crippen LogP contribution in [0.25, 0.3) is 0 Å². The molecule has 0 spiro atoms. The smallest absolute Gasteiger partial charge is 0.157 e. The van der Waals surface area contributed by atoms with Gasteiger partial charge in [0, 0.05) is 25.0 Å². The van der Waals surface area contributed by atoms with Crippen molar-refractivity contribution < 1.29 is 0 Å². The molecule has 1 heterocycles. The highest BCUT2D eigenvalue weighted by Crippen LogP contribution is 2.16. The van der Waals surface area contributed by atoms with Gasteiger partial charge in [0.25, 0.3) is 0 Å². The molecule has 0 saturated heterocycles. The van der Waals surface area contributed by atoms with Crippen LogP contribution < -0.4 is 0 Å². The molecule has 1 aliphatic heterocycles. The Morgan fingerprint density at radius 1 is 1.27 bits per heavy atom. The summed E-state index contributed by atoms with van der Waals surface area (Å²) in [6, 6.07) is 10.1. The Kier molecular flexibility index (Phi) is 2.68. The van der Waals surface area contributed by atoms with Gasteiger partial charge >= 0.3 is 0 Å². The van der Waals surface area contributed by atoms with Crippen LogP contribution in [0.4, 0.5) is 0 Å². The van der Waals surface area contributed by atoms with Gasteiger partial charge in [0.15, 0.2) is 5.84 Å². The SMILES string of the molecule is CN1N=C(c2ccccc2)N(C)C1C=S. The second-order valence-electron chi connectivity index (χ2n) is 3.52. The highest BCUT2D eigenvalue weighted by atomic mass is 32.1. The first kappa shape index (κ1) is 10.1. The Balaban J connectivity index is 2.33. The van der Waals surface area contributed by atoms with Crippen molar-refractivity contribution in [3.05, 3.63) is 35.9 Å². The predicted molar refractivity (Wildman–Crippen MR) is 65.9 cm³/mol. The zero-order valence-electron chi connectivity index (χ0n) is 8.79. The Labute approximate surface area is 95.0 Å². The molecular weight excluding hydrogens is 206 g/mol. The van der Waals surface area contributed by atoms with E-state index < -0.39 is 0 Å². The lowest BCUT2D eigenvalue weighted by molar-refractivity contribution is 0.253. The van der Waals surface area contributed by atoms with Gasteiger partial charge in [0.1, 0.15) is 6.17 Å². The van der Waals surface area contributed by atoms with E-state index in [0.717, 1.165) is 11.4 Å². The van der Waals surface area contributed by atoms with Crippen molar-refractivity contribution in [2.75, 3.05) is 14.1 Å². The third kappa shape index (κ3) is 1.72. The minimum absolute atomic E-state index is 0.0789. The van der Waals surface area contributed by atoms with Crippen molar-refractivity contribution in [3.8, 4) is 0 Å². The van der Waals surface area contributed by atoms with Gasteiger partial charge in [-0.25, -0.2) is 0 Å². The second-order valence-corrected chi connectivity index (χ2v) is 3.80. The van der Waals surface area contributed by atoms with Gasteiger partial charge < -0.3 is 4.90 Å². The number of amidine groups is 1. The molecule has 1 atom stereocenters. The maximum Gasteiger partial charge on any atom is 0.157 e. The predicted octanol–water partition coefficient (Wildman–Crippen LogP) is 1.55. The number of thiocarbonyl (C=S) groups is 1. The van der Waals surface area contributed by atoms with Crippen LogP contribution in [-0.2, 0) is 0 Å².